The maximum Gasteiger partial charge on any atom is 0.255 e. The average molecular weight is 514 g/mol. The highest BCUT2D eigenvalue weighted by Crippen LogP contribution is 2.31. The number of aryl methyl sites for hydroxylation is 2. The van der Waals surface area contributed by atoms with E-state index in [4.69, 9.17) is 4.74 Å². The van der Waals surface area contributed by atoms with E-state index in [1.54, 1.807) is 11.0 Å². The molecule has 0 spiro atoms. The minimum atomic E-state index is -3.35. The molecule has 0 unspecified atom stereocenters. The van der Waals surface area contributed by atoms with Crippen LogP contribution in [0.1, 0.15) is 27.0 Å². The van der Waals surface area contributed by atoms with Gasteiger partial charge in [0.25, 0.3) is 5.91 Å². The van der Waals surface area contributed by atoms with Crippen LogP contribution in [0.3, 0.4) is 0 Å². The second kappa shape index (κ2) is 8.71. The maximum absolute atomic E-state index is 13.3. The van der Waals surface area contributed by atoms with Crippen LogP contribution in [0.15, 0.2) is 64.0 Å². The summed E-state index contributed by atoms with van der Waals surface area (Å²) in [7, 11) is -3.35. The van der Waals surface area contributed by atoms with Crippen LogP contribution in [0.2, 0.25) is 0 Å². The lowest BCUT2D eigenvalue weighted by atomic mass is 9.98. The van der Waals surface area contributed by atoms with Gasteiger partial charge in [-0.15, -0.1) is 0 Å². The van der Waals surface area contributed by atoms with E-state index in [9.17, 15) is 13.2 Å². The number of amides is 1. The third-order valence-corrected chi connectivity index (χ3v) is 7.53. The molecule has 0 aliphatic carbocycles. The summed E-state index contributed by atoms with van der Waals surface area (Å²) in [4.78, 5) is 15.2. The fourth-order valence-electron chi connectivity index (χ4n) is 3.74. The van der Waals surface area contributed by atoms with Crippen molar-refractivity contribution in [3.63, 3.8) is 0 Å². The van der Waals surface area contributed by atoms with Gasteiger partial charge in [-0.05, 0) is 82.4 Å². The molecule has 0 aromatic heterocycles. The van der Waals surface area contributed by atoms with Gasteiger partial charge in [-0.3, -0.25) is 4.79 Å². The average Bonchev–Trinajstić information content (AvgIpc) is 2.96. The van der Waals surface area contributed by atoms with Crippen LogP contribution in [-0.2, 0) is 16.4 Å². The number of hydrogen-bond acceptors (Lipinski definition) is 4. The van der Waals surface area contributed by atoms with Crippen LogP contribution in [0.25, 0.3) is 11.1 Å². The summed E-state index contributed by atoms with van der Waals surface area (Å²) in [5, 5.41) is 0. The largest absolute Gasteiger partial charge is 0.491 e. The molecule has 0 fully saturated rings. The zero-order chi connectivity index (χ0) is 23.0. The zero-order valence-corrected chi connectivity index (χ0v) is 20.6. The molecule has 0 saturated carbocycles. The minimum absolute atomic E-state index is 0.170. The molecule has 4 rings (SSSR count). The summed E-state index contributed by atoms with van der Waals surface area (Å²) in [5.41, 5.74) is 6.03. The smallest absolute Gasteiger partial charge is 0.255 e. The predicted octanol–water partition coefficient (Wildman–Crippen LogP) is 5.17. The van der Waals surface area contributed by atoms with Crippen LogP contribution in [0.5, 0.6) is 5.75 Å². The first-order valence-electron chi connectivity index (χ1n) is 10.3. The van der Waals surface area contributed by atoms with E-state index in [0.717, 1.165) is 28.7 Å². The van der Waals surface area contributed by atoms with E-state index in [0.29, 0.717) is 29.7 Å². The van der Waals surface area contributed by atoms with Gasteiger partial charge in [-0.1, -0.05) is 24.3 Å². The van der Waals surface area contributed by atoms with Gasteiger partial charge >= 0.3 is 0 Å². The lowest BCUT2D eigenvalue weighted by Gasteiger charge is -2.21. The van der Waals surface area contributed by atoms with Gasteiger partial charge in [0.05, 0.1) is 17.0 Å². The number of carbonyl (C=O) groups is 1. The maximum atomic E-state index is 13.3. The number of benzene rings is 3. The number of ether oxygens (including phenoxy) is 1. The van der Waals surface area contributed by atoms with Crippen LogP contribution in [0, 0.1) is 13.8 Å². The number of sulfone groups is 1. The highest BCUT2D eigenvalue weighted by Gasteiger charge is 2.24. The molecule has 3 aromatic rings. The summed E-state index contributed by atoms with van der Waals surface area (Å²) < 4.78 is 30.0. The van der Waals surface area contributed by atoms with Crippen LogP contribution in [0.4, 0.5) is 0 Å². The fourth-order valence-corrected chi connectivity index (χ4v) is 5.09. The molecule has 5 nitrogen and oxygen atoms in total. The Bertz CT molecular complexity index is 1320. The number of rotatable bonds is 3. The summed E-state index contributed by atoms with van der Waals surface area (Å²) in [5.74, 6) is 0.601. The van der Waals surface area contributed by atoms with Gasteiger partial charge in [0, 0.05) is 22.8 Å². The highest BCUT2D eigenvalue weighted by molar-refractivity contribution is 9.10. The van der Waals surface area contributed by atoms with Gasteiger partial charge in [0.1, 0.15) is 12.4 Å². The van der Waals surface area contributed by atoms with Crippen LogP contribution >= 0.6 is 15.9 Å². The predicted molar refractivity (Wildman–Crippen MR) is 129 cm³/mol. The van der Waals surface area contributed by atoms with Gasteiger partial charge in [0.15, 0.2) is 9.84 Å². The third-order valence-electron chi connectivity index (χ3n) is 5.77. The highest BCUT2D eigenvalue weighted by atomic mass is 79.9. The van der Waals surface area contributed by atoms with Crippen molar-refractivity contribution < 1.29 is 17.9 Å². The Balaban J connectivity index is 1.64. The molecule has 0 saturated heterocycles. The van der Waals surface area contributed by atoms with Crippen molar-refractivity contribution in [3.8, 4) is 16.9 Å². The molecular formula is C25H24BrNO4S. The second-order valence-electron chi connectivity index (χ2n) is 8.11. The van der Waals surface area contributed by atoms with Crippen molar-refractivity contribution in [3.05, 3.63) is 81.3 Å². The molecule has 0 N–H and O–H groups in total. The molecule has 32 heavy (non-hydrogen) atoms. The SMILES string of the molecule is Cc1ccc(-c2ccc3c(c2)CN(C(=O)c2ccc(S(C)(=O)=O)cc2Br)CCO3)cc1C. The number of hydrogen-bond donors (Lipinski definition) is 0. The molecule has 1 amide bonds. The topological polar surface area (TPSA) is 63.7 Å². The molecule has 0 radical (unpaired) electrons. The summed E-state index contributed by atoms with van der Waals surface area (Å²) in [6.07, 6.45) is 1.15. The lowest BCUT2D eigenvalue weighted by molar-refractivity contribution is 0.0732. The molecule has 1 aliphatic rings. The van der Waals surface area contributed by atoms with Crippen LogP contribution < -0.4 is 4.74 Å². The van der Waals surface area contributed by atoms with Gasteiger partial charge in [-0.25, -0.2) is 8.42 Å². The number of nitrogens with zero attached hydrogens (tertiary/aromatic N) is 1. The monoisotopic (exact) mass is 513 g/mol. The molecule has 7 heteroatoms. The summed E-state index contributed by atoms with van der Waals surface area (Å²) in [6.45, 7) is 5.42. The van der Waals surface area contributed by atoms with E-state index in [1.807, 2.05) is 12.1 Å². The zero-order valence-electron chi connectivity index (χ0n) is 18.2. The van der Waals surface area contributed by atoms with E-state index in [-0.39, 0.29) is 10.8 Å². The first kappa shape index (κ1) is 22.6. The van der Waals surface area contributed by atoms with Crippen molar-refractivity contribution in [2.45, 2.75) is 25.3 Å². The van der Waals surface area contributed by atoms with Crippen molar-refractivity contribution in [1.82, 2.24) is 4.90 Å². The van der Waals surface area contributed by atoms with Crippen molar-refractivity contribution in [1.29, 1.82) is 0 Å². The van der Waals surface area contributed by atoms with Crippen molar-refractivity contribution >= 4 is 31.7 Å². The van der Waals surface area contributed by atoms with E-state index in [1.165, 1.54) is 23.3 Å². The molecule has 1 aliphatic heterocycles. The third kappa shape index (κ3) is 4.59. The molecule has 0 atom stereocenters. The molecule has 166 valence electrons. The normalized spacial score (nSPS) is 13.8. The number of halogens is 1. The molecule has 3 aromatic carbocycles. The Labute approximate surface area is 197 Å². The first-order valence-corrected chi connectivity index (χ1v) is 12.9. The Hall–Kier alpha value is -2.64. The Kier molecular flexibility index (Phi) is 6.14. The Morgan fingerprint density at radius 2 is 1.69 bits per heavy atom. The second-order valence-corrected chi connectivity index (χ2v) is 11.0. The number of fused-ring (bicyclic) bond motifs is 1. The molecule has 1 heterocycles. The molecule has 0 bridgehead atoms. The lowest BCUT2D eigenvalue weighted by Crippen LogP contribution is -2.32. The molecular weight excluding hydrogens is 490 g/mol. The van der Waals surface area contributed by atoms with Crippen molar-refractivity contribution in [2.75, 3.05) is 19.4 Å². The summed E-state index contributed by atoms with van der Waals surface area (Å²) >= 11 is 3.37. The van der Waals surface area contributed by atoms with E-state index >= 15 is 0 Å². The standard InChI is InChI=1S/C25H24BrNO4S/c1-16-4-5-18(12-17(16)2)19-6-9-24-20(13-19)15-27(10-11-31-24)25(28)22-8-7-21(14-23(22)26)32(3,29)30/h4-9,12-14H,10-11,15H2,1-3H3. The van der Waals surface area contributed by atoms with Gasteiger partial charge in [0.2, 0.25) is 0 Å². The number of carbonyl (C=O) groups excluding carboxylic acids is 1. The Morgan fingerprint density at radius 3 is 2.38 bits per heavy atom. The minimum Gasteiger partial charge on any atom is -0.491 e. The Morgan fingerprint density at radius 1 is 0.969 bits per heavy atom. The van der Waals surface area contributed by atoms with Crippen molar-refractivity contribution in [2.24, 2.45) is 0 Å². The fraction of sp³-hybridized carbons (Fsp3) is 0.240. The van der Waals surface area contributed by atoms with Crippen LogP contribution in [-0.4, -0.2) is 38.6 Å². The van der Waals surface area contributed by atoms with Gasteiger partial charge in [-0.2, -0.15) is 0 Å². The quantitative estimate of drug-likeness (QED) is 0.484. The summed E-state index contributed by atoms with van der Waals surface area (Å²) in [6, 6.07) is 17.0. The van der Waals surface area contributed by atoms with Gasteiger partial charge < -0.3 is 9.64 Å². The van der Waals surface area contributed by atoms with E-state index in [2.05, 4.69) is 54.0 Å². The first-order chi connectivity index (χ1) is 15.1. The van der Waals surface area contributed by atoms with E-state index < -0.39 is 9.84 Å².